The van der Waals surface area contributed by atoms with Crippen LogP contribution in [0.1, 0.15) is 28.7 Å². The van der Waals surface area contributed by atoms with E-state index in [1.165, 1.54) is 11.8 Å². The van der Waals surface area contributed by atoms with Crippen molar-refractivity contribution >= 4 is 40.6 Å². The molecule has 0 bridgehead atoms. The number of nitrogens with zero attached hydrogens (tertiary/aromatic N) is 3. The van der Waals surface area contributed by atoms with Gasteiger partial charge in [0.15, 0.2) is 14.5 Å². The van der Waals surface area contributed by atoms with Crippen molar-refractivity contribution in [3.63, 3.8) is 0 Å². The third-order valence-electron chi connectivity index (χ3n) is 3.06. The normalized spacial score (nSPS) is 11.0. The van der Waals surface area contributed by atoms with E-state index >= 15 is 0 Å². The van der Waals surface area contributed by atoms with Gasteiger partial charge in [-0.1, -0.05) is 41.8 Å². The topological polar surface area (TPSA) is 47.8 Å². The van der Waals surface area contributed by atoms with Crippen LogP contribution in [0.15, 0.2) is 14.7 Å². The molecular formula is C13H17N3OS3. The molecule has 20 heavy (non-hydrogen) atoms. The van der Waals surface area contributed by atoms with Gasteiger partial charge in [0.25, 0.3) is 0 Å². The van der Waals surface area contributed by atoms with E-state index in [1.807, 2.05) is 31.5 Å². The van der Waals surface area contributed by atoms with Crippen LogP contribution in [-0.2, 0) is 7.05 Å². The molecule has 4 nitrogen and oxygen atoms in total. The van der Waals surface area contributed by atoms with Crippen LogP contribution in [0, 0.1) is 13.8 Å². The van der Waals surface area contributed by atoms with Gasteiger partial charge in [0.1, 0.15) is 0 Å². The summed E-state index contributed by atoms with van der Waals surface area (Å²) < 4.78 is 3.87. The van der Waals surface area contributed by atoms with Crippen molar-refractivity contribution in [3.8, 4) is 0 Å². The molecule has 0 aliphatic heterocycles. The van der Waals surface area contributed by atoms with Crippen molar-refractivity contribution in [2.45, 2.75) is 29.5 Å². The van der Waals surface area contributed by atoms with Gasteiger partial charge in [0.2, 0.25) is 0 Å². The molecule has 2 aromatic heterocycles. The Balaban J connectivity index is 1.99. The lowest BCUT2D eigenvalue weighted by atomic mass is 10.2. The summed E-state index contributed by atoms with van der Waals surface area (Å²) in [5.74, 6) is 1.55. The number of ketones is 1. The number of carbonyl (C=O) groups excluding carboxylic acids is 1. The Bertz CT molecular complexity index is 618. The van der Waals surface area contributed by atoms with Crippen LogP contribution < -0.4 is 0 Å². The first-order valence-corrected chi connectivity index (χ1v) is 9.07. The molecule has 0 saturated carbocycles. The molecule has 108 valence electrons. The van der Waals surface area contributed by atoms with E-state index in [9.17, 15) is 4.79 Å². The summed E-state index contributed by atoms with van der Waals surface area (Å²) in [5.41, 5.74) is 2.94. The van der Waals surface area contributed by atoms with Crippen LogP contribution in [0.25, 0.3) is 0 Å². The van der Waals surface area contributed by atoms with Crippen LogP contribution in [0.3, 0.4) is 0 Å². The molecule has 0 saturated heterocycles. The Kier molecular flexibility index (Phi) is 5.29. The minimum atomic E-state index is 0.149. The van der Waals surface area contributed by atoms with Crippen molar-refractivity contribution in [1.82, 2.24) is 14.8 Å². The zero-order chi connectivity index (χ0) is 14.7. The molecule has 7 heteroatoms. The van der Waals surface area contributed by atoms with Gasteiger partial charge >= 0.3 is 0 Å². The third-order valence-corrected chi connectivity index (χ3v) is 6.13. The van der Waals surface area contributed by atoms with Crippen LogP contribution >= 0.6 is 34.9 Å². The first-order valence-electron chi connectivity index (χ1n) is 6.28. The molecule has 0 radical (unpaired) electrons. The lowest BCUT2D eigenvalue weighted by Crippen LogP contribution is -2.04. The highest BCUT2D eigenvalue weighted by Crippen LogP contribution is 2.29. The largest absolute Gasteiger partial charge is 0.351 e. The first kappa shape index (κ1) is 15.6. The van der Waals surface area contributed by atoms with Crippen molar-refractivity contribution in [1.29, 1.82) is 0 Å². The fourth-order valence-corrected chi connectivity index (χ4v) is 4.58. The highest BCUT2D eigenvalue weighted by atomic mass is 32.2. The number of carbonyl (C=O) groups is 1. The maximum absolute atomic E-state index is 12.3. The van der Waals surface area contributed by atoms with Crippen LogP contribution in [0.5, 0.6) is 0 Å². The van der Waals surface area contributed by atoms with Crippen molar-refractivity contribution < 1.29 is 4.79 Å². The summed E-state index contributed by atoms with van der Waals surface area (Å²) in [6.07, 6.45) is 0. The van der Waals surface area contributed by atoms with Crippen LogP contribution in [0.2, 0.25) is 0 Å². The van der Waals surface area contributed by atoms with Gasteiger partial charge in [0, 0.05) is 24.0 Å². The van der Waals surface area contributed by atoms with Gasteiger partial charge in [-0.05, 0) is 25.7 Å². The number of aryl methyl sites for hydroxylation is 1. The van der Waals surface area contributed by atoms with Crippen molar-refractivity contribution in [2.75, 3.05) is 11.5 Å². The number of rotatable bonds is 6. The van der Waals surface area contributed by atoms with Gasteiger partial charge in [-0.25, -0.2) is 0 Å². The second kappa shape index (κ2) is 6.78. The van der Waals surface area contributed by atoms with E-state index in [4.69, 9.17) is 0 Å². The second-order valence-corrected chi connectivity index (χ2v) is 8.03. The Morgan fingerprint density at radius 2 is 1.95 bits per heavy atom. The molecule has 0 spiro atoms. The van der Waals surface area contributed by atoms with Gasteiger partial charge in [0.05, 0.1) is 5.75 Å². The molecule has 0 aromatic carbocycles. The first-order chi connectivity index (χ1) is 9.52. The third kappa shape index (κ3) is 3.45. The average molecular weight is 328 g/mol. The van der Waals surface area contributed by atoms with E-state index in [0.717, 1.165) is 31.4 Å². The number of aromatic nitrogens is 3. The van der Waals surface area contributed by atoms with Gasteiger partial charge in [-0.15, -0.1) is 10.2 Å². The molecule has 2 aromatic rings. The minimum Gasteiger partial charge on any atom is -0.351 e. The maximum atomic E-state index is 12.3. The number of hydrogen-bond donors (Lipinski definition) is 0. The zero-order valence-electron chi connectivity index (χ0n) is 12.0. The fourth-order valence-electron chi connectivity index (χ4n) is 1.78. The van der Waals surface area contributed by atoms with Crippen LogP contribution in [-0.4, -0.2) is 32.1 Å². The van der Waals surface area contributed by atoms with Crippen molar-refractivity contribution in [2.24, 2.45) is 7.05 Å². The molecule has 0 N–H and O–H groups in total. The molecule has 0 unspecified atom stereocenters. The lowest BCUT2D eigenvalue weighted by molar-refractivity contribution is 0.102. The minimum absolute atomic E-state index is 0.149. The highest BCUT2D eigenvalue weighted by Gasteiger charge is 2.15. The molecule has 2 rings (SSSR count). The summed E-state index contributed by atoms with van der Waals surface area (Å²) in [6, 6.07) is 1.96. The number of Topliss-reactive ketones (excluding diaryl/α,β-unsaturated/α-hetero) is 1. The standard InChI is InChI=1S/C13H17N3OS3/c1-5-18-12-14-15-13(20-12)19-7-11(17)10-6-8(2)16(4)9(10)3/h6H,5,7H2,1-4H3. The maximum Gasteiger partial charge on any atom is 0.175 e. The summed E-state index contributed by atoms with van der Waals surface area (Å²) in [4.78, 5) is 12.3. The monoisotopic (exact) mass is 327 g/mol. The Labute approximate surface area is 131 Å². The van der Waals surface area contributed by atoms with E-state index in [2.05, 4.69) is 17.1 Å². The fraction of sp³-hybridized carbons (Fsp3) is 0.462. The van der Waals surface area contributed by atoms with E-state index in [-0.39, 0.29) is 5.78 Å². The molecular weight excluding hydrogens is 310 g/mol. The summed E-state index contributed by atoms with van der Waals surface area (Å²) in [6.45, 7) is 6.07. The number of thioether (sulfide) groups is 2. The molecule has 0 fully saturated rings. The predicted molar refractivity (Wildman–Crippen MR) is 86.2 cm³/mol. The molecule has 0 aliphatic rings. The highest BCUT2D eigenvalue weighted by molar-refractivity contribution is 8.03. The Hall–Kier alpha value is -0.790. The van der Waals surface area contributed by atoms with E-state index in [0.29, 0.717) is 5.75 Å². The zero-order valence-corrected chi connectivity index (χ0v) is 14.4. The smallest absolute Gasteiger partial charge is 0.175 e. The SMILES string of the molecule is CCSc1nnc(SCC(=O)c2cc(C)n(C)c2C)s1. The summed E-state index contributed by atoms with van der Waals surface area (Å²) in [5, 5.41) is 8.19. The van der Waals surface area contributed by atoms with E-state index < -0.39 is 0 Å². The quantitative estimate of drug-likeness (QED) is 0.599. The van der Waals surface area contributed by atoms with Gasteiger partial charge in [-0.2, -0.15) is 0 Å². The number of hydrogen-bond acceptors (Lipinski definition) is 6. The molecule has 0 amide bonds. The van der Waals surface area contributed by atoms with Gasteiger partial charge < -0.3 is 4.57 Å². The average Bonchev–Trinajstić information content (AvgIpc) is 2.97. The van der Waals surface area contributed by atoms with E-state index in [1.54, 1.807) is 23.1 Å². The summed E-state index contributed by atoms with van der Waals surface area (Å²) >= 11 is 4.70. The lowest BCUT2D eigenvalue weighted by Gasteiger charge is -2.01. The Morgan fingerprint density at radius 3 is 2.50 bits per heavy atom. The van der Waals surface area contributed by atoms with Crippen molar-refractivity contribution in [3.05, 3.63) is 23.0 Å². The molecule has 0 aliphatic carbocycles. The molecule has 2 heterocycles. The van der Waals surface area contributed by atoms with Gasteiger partial charge in [-0.3, -0.25) is 4.79 Å². The van der Waals surface area contributed by atoms with Crippen LogP contribution in [0.4, 0.5) is 0 Å². The predicted octanol–water partition coefficient (Wildman–Crippen LogP) is 3.58. The second-order valence-electron chi connectivity index (χ2n) is 4.32. The summed E-state index contributed by atoms with van der Waals surface area (Å²) in [7, 11) is 1.98. The molecule has 0 atom stereocenters. The Morgan fingerprint density at radius 1 is 1.30 bits per heavy atom.